The van der Waals surface area contributed by atoms with Gasteiger partial charge in [-0.05, 0) is 158 Å². The Hall–Kier alpha value is -14.2. The van der Waals surface area contributed by atoms with Crippen LogP contribution in [0.5, 0.6) is 0 Å². The van der Waals surface area contributed by atoms with Crippen molar-refractivity contribution in [3.05, 3.63) is 400 Å². The highest BCUT2D eigenvalue weighted by Crippen LogP contribution is 2.55. The summed E-state index contributed by atoms with van der Waals surface area (Å²) in [5, 5.41) is 7.24. The molecule has 22 rings (SSSR count). The normalized spacial score (nSPS) is 12.4. The molecule has 0 aliphatic carbocycles. The van der Waals surface area contributed by atoms with Crippen molar-refractivity contribution in [1.82, 2.24) is 13.7 Å². The minimum Gasteiger partial charge on any atom is -0.310 e. The number of hydrogen-bond donors (Lipinski definition) is 0. The molecule has 0 saturated heterocycles. The van der Waals surface area contributed by atoms with E-state index in [1.54, 1.807) is 0 Å². The molecule has 0 atom stereocenters. The molecule has 2 aliphatic heterocycles. The van der Waals surface area contributed by atoms with Crippen molar-refractivity contribution in [2.24, 2.45) is 0 Å². The fourth-order valence-corrected chi connectivity index (χ4v) is 18.1. The van der Waals surface area contributed by atoms with Crippen LogP contribution in [0.25, 0.3) is 149 Å². The summed E-state index contributed by atoms with van der Waals surface area (Å²) < 4.78 is 7.36. The lowest BCUT2D eigenvalue weighted by Gasteiger charge is -2.46. The summed E-state index contributed by atoms with van der Waals surface area (Å²) in [5.41, 5.74) is 34.1. The van der Waals surface area contributed by atoms with Gasteiger partial charge in [0.25, 0.3) is 6.71 Å². The molecule has 0 amide bonds. The van der Waals surface area contributed by atoms with E-state index >= 15 is 0 Å². The van der Waals surface area contributed by atoms with Gasteiger partial charge in [-0.2, -0.15) is 0 Å². The quantitative estimate of drug-likeness (QED) is 0.120. The summed E-state index contributed by atoms with van der Waals surface area (Å²) in [7, 11) is 0. The van der Waals surface area contributed by atoms with E-state index in [1.807, 2.05) is 0 Å². The van der Waals surface area contributed by atoms with E-state index in [1.165, 1.54) is 70.8 Å². The molecule has 0 fully saturated rings. The molecular weight excluding hydrogens is 1310 g/mol. The predicted octanol–water partition coefficient (Wildman–Crippen LogP) is 25.1. The molecule has 6 heteroatoms. The molecule has 0 radical (unpaired) electrons. The van der Waals surface area contributed by atoms with E-state index in [-0.39, 0.29) is 6.71 Å². The van der Waals surface area contributed by atoms with Gasteiger partial charge in [-0.3, -0.25) is 0 Å². The van der Waals surface area contributed by atoms with Crippen LogP contribution in [0.1, 0.15) is 0 Å². The van der Waals surface area contributed by atoms with Crippen LogP contribution in [0.3, 0.4) is 0 Å². The lowest BCUT2D eigenvalue weighted by molar-refractivity contribution is 1.16. The Bertz CT molecular complexity index is 6450. The summed E-state index contributed by atoms with van der Waals surface area (Å²) >= 11 is 0. The smallest absolute Gasteiger partial charge is 0.252 e. The molecule has 3 aromatic heterocycles. The van der Waals surface area contributed by atoms with E-state index in [9.17, 15) is 0 Å². The average molecular weight is 1370 g/mol. The van der Waals surface area contributed by atoms with Gasteiger partial charge in [-0.1, -0.05) is 303 Å². The molecular formula is C102H66BN5. The van der Waals surface area contributed by atoms with Crippen LogP contribution < -0.4 is 26.2 Å². The third-order valence-electron chi connectivity index (χ3n) is 22.8. The molecule has 0 spiro atoms. The van der Waals surface area contributed by atoms with Crippen molar-refractivity contribution in [2.75, 3.05) is 9.80 Å². The highest BCUT2D eigenvalue weighted by molar-refractivity contribution is 7.00. The maximum atomic E-state index is 2.69. The molecule has 20 aromatic rings. The van der Waals surface area contributed by atoms with Gasteiger partial charge in [-0.15, -0.1) is 0 Å². The topological polar surface area (TPSA) is 21.3 Å². The summed E-state index contributed by atoms with van der Waals surface area (Å²) in [6.45, 7) is -0.270. The van der Waals surface area contributed by atoms with Crippen LogP contribution in [0.15, 0.2) is 400 Å². The van der Waals surface area contributed by atoms with E-state index in [0.29, 0.717) is 0 Å². The summed E-state index contributed by atoms with van der Waals surface area (Å²) in [6, 6.07) is 150. The van der Waals surface area contributed by atoms with Gasteiger partial charge in [0.1, 0.15) is 0 Å². The number of benzene rings is 17. The number of fused-ring (bicyclic) bond motifs is 13. The molecule has 5 heterocycles. The van der Waals surface area contributed by atoms with E-state index in [2.05, 4.69) is 424 Å². The van der Waals surface area contributed by atoms with Crippen molar-refractivity contribution < 1.29 is 0 Å². The van der Waals surface area contributed by atoms with Gasteiger partial charge in [0, 0.05) is 88.7 Å². The molecule has 5 nitrogen and oxygen atoms in total. The lowest BCUT2D eigenvalue weighted by atomic mass is 9.33. The fraction of sp³-hybridized carbons (Fsp3) is 0. The summed E-state index contributed by atoms with van der Waals surface area (Å²) in [5.74, 6) is 0. The maximum absolute atomic E-state index is 2.69. The van der Waals surface area contributed by atoms with Crippen molar-refractivity contribution >= 4 is 123 Å². The van der Waals surface area contributed by atoms with E-state index < -0.39 is 0 Å². The van der Waals surface area contributed by atoms with Gasteiger partial charge < -0.3 is 23.5 Å². The van der Waals surface area contributed by atoms with E-state index in [4.69, 9.17) is 0 Å². The number of nitrogens with zero attached hydrogens (tertiary/aromatic N) is 5. The van der Waals surface area contributed by atoms with Crippen LogP contribution in [-0.2, 0) is 0 Å². The second kappa shape index (κ2) is 24.7. The Morgan fingerprint density at radius 1 is 0.176 bits per heavy atom. The van der Waals surface area contributed by atoms with Crippen LogP contribution >= 0.6 is 0 Å². The summed E-state index contributed by atoms with van der Waals surface area (Å²) in [4.78, 5) is 5.38. The highest BCUT2D eigenvalue weighted by Gasteiger charge is 2.46. The van der Waals surface area contributed by atoms with Crippen LogP contribution in [0.4, 0.5) is 34.1 Å². The Morgan fingerprint density at radius 3 is 0.806 bits per heavy atom. The fourth-order valence-electron chi connectivity index (χ4n) is 18.1. The van der Waals surface area contributed by atoms with Crippen LogP contribution in [-0.4, -0.2) is 20.4 Å². The predicted molar refractivity (Wildman–Crippen MR) is 456 cm³/mol. The second-order valence-electron chi connectivity index (χ2n) is 28.6. The first-order valence-corrected chi connectivity index (χ1v) is 37.3. The molecule has 17 aromatic carbocycles. The van der Waals surface area contributed by atoms with Crippen LogP contribution in [0.2, 0.25) is 0 Å². The van der Waals surface area contributed by atoms with Crippen molar-refractivity contribution in [3.63, 3.8) is 0 Å². The van der Waals surface area contributed by atoms with Crippen molar-refractivity contribution in [2.45, 2.75) is 0 Å². The number of aromatic nitrogens is 3. The average Bonchev–Trinajstić information content (AvgIpc) is 0.763. The van der Waals surface area contributed by atoms with Crippen LogP contribution in [0, 0.1) is 0 Å². The SMILES string of the molecule is c1ccc(-c2cccc(-c3ccccc3)c2N2c3cc(-c4ccc5c(c4)c4ccccc4n5-c4ccccc4)ccc3B3c4ccc(-c5ccc6c(c5)c5ccccc5n6-c5ccccc5)cc4N(c4c(-c5ccccc5)cccc4-c4ccccc4)c4cc(-n5c6ccccc6c6ccccc65)cc2c43)cc1. The molecule has 2 aliphatic rings. The lowest BCUT2D eigenvalue weighted by Crippen LogP contribution is -2.61. The first-order chi connectivity index (χ1) is 53.6. The zero-order valence-corrected chi connectivity index (χ0v) is 58.9. The maximum Gasteiger partial charge on any atom is 0.252 e. The zero-order valence-electron chi connectivity index (χ0n) is 58.9. The standard InChI is InChI=1S/C102H66BN5/c1-7-29-67(30-8-1)78-45-27-46-79(68-31-9-2-10-32-68)101(78)107-96-63-73(71-55-59-94-86(61-71)84-43-21-25-51-92(84)104(94)75-37-15-5-16-38-75)53-57-88(96)103-89-58-54-74(72-56-60-95-87(62-72)85-44-22-26-52-93(85)105(95)76-39-17-6-18-40-76)64-97(89)108(102-80(69-33-11-3-12-34-69)47-28-48-81(102)70-35-13-4-14-36-70)99-66-77(65-98(107)100(99)103)106-90-49-23-19-41-82(90)83-42-20-24-50-91(83)106/h1-66H. The zero-order chi connectivity index (χ0) is 70.9. The van der Waals surface area contributed by atoms with Gasteiger partial charge in [-0.25, -0.2) is 0 Å². The Labute approximate surface area is 626 Å². The number of hydrogen-bond acceptors (Lipinski definition) is 2. The van der Waals surface area contributed by atoms with Crippen molar-refractivity contribution in [3.8, 4) is 83.8 Å². The minimum atomic E-state index is -0.270. The third kappa shape index (κ3) is 9.53. The van der Waals surface area contributed by atoms with Gasteiger partial charge in [0.2, 0.25) is 0 Å². The minimum absolute atomic E-state index is 0.270. The van der Waals surface area contributed by atoms with Crippen molar-refractivity contribution in [1.29, 1.82) is 0 Å². The number of rotatable bonds is 11. The first-order valence-electron chi connectivity index (χ1n) is 37.3. The Kier molecular flexibility index (Phi) is 14.0. The third-order valence-corrected chi connectivity index (χ3v) is 22.8. The Balaban J connectivity index is 0.888. The highest BCUT2D eigenvalue weighted by atomic mass is 15.2. The molecule has 0 N–H and O–H groups in total. The van der Waals surface area contributed by atoms with Gasteiger partial charge in [0.05, 0.1) is 50.2 Å². The Morgan fingerprint density at radius 2 is 0.454 bits per heavy atom. The molecule has 108 heavy (non-hydrogen) atoms. The van der Waals surface area contributed by atoms with E-state index in [0.717, 1.165) is 129 Å². The monoisotopic (exact) mass is 1370 g/mol. The molecule has 502 valence electrons. The number of anilines is 6. The molecule has 0 unspecified atom stereocenters. The second-order valence-corrected chi connectivity index (χ2v) is 28.6. The first kappa shape index (κ1) is 61.3. The largest absolute Gasteiger partial charge is 0.310 e. The molecule has 0 bridgehead atoms. The van der Waals surface area contributed by atoms with Gasteiger partial charge >= 0.3 is 0 Å². The number of para-hydroxylation sites is 8. The summed E-state index contributed by atoms with van der Waals surface area (Å²) in [6.07, 6.45) is 0. The van der Waals surface area contributed by atoms with Gasteiger partial charge in [0.15, 0.2) is 0 Å². The molecule has 0 saturated carbocycles.